The fourth-order valence-corrected chi connectivity index (χ4v) is 4.69. The number of thioether (sulfide) groups is 1. The molecular weight excluding hydrogens is 333 g/mol. The van der Waals surface area contributed by atoms with Crippen molar-refractivity contribution in [2.24, 2.45) is 27.6 Å². The molecule has 3 nitrogen and oxygen atoms in total. The molecule has 2 aliphatic rings. The van der Waals surface area contributed by atoms with E-state index in [1.807, 2.05) is 18.2 Å². The molecule has 0 aromatic heterocycles. The summed E-state index contributed by atoms with van der Waals surface area (Å²) in [5, 5.41) is 1.19. The third-order valence-corrected chi connectivity index (χ3v) is 6.20. The monoisotopic (exact) mass is 355 g/mol. The van der Waals surface area contributed by atoms with E-state index in [1.54, 1.807) is 11.8 Å². The van der Waals surface area contributed by atoms with Gasteiger partial charge in [-0.1, -0.05) is 44.0 Å². The number of aryl methyl sites for hydroxylation is 1. The van der Waals surface area contributed by atoms with Crippen LogP contribution in [0.25, 0.3) is 6.08 Å². The van der Waals surface area contributed by atoms with Gasteiger partial charge in [-0.05, 0) is 47.8 Å². The van der Waals surface area contributed by atoms with Crippen molar-refractivity contribution in [1.82, 2.24) is 0 Å². The lowest BCUT2D eigenvalue weighted by Crippen LogP contribution is -2.17. The van der Waals surface area contributed by atoms with Crippen molar-refractivity contribution in [3.05, 3.63) is 66.2 Å². The molecule has 25 heavy (non-hydrogen) atoms. The van der Waals surface area contributed by atoms with Crippen LogP contribution in [-0.4, -0.2) is 16.1 Å². The van der Waals surface area contributed by atoms with Crippen LogP contribution in [0.5, 0.6) is 0 Å². The second-order valence-corrected chi connectivity index (χ2v) is 7.64. The van der Waals surface area contributed by atoms with Gasteiger partial charge in [-0.15, -0.1) is 0 Å². The number of rotatable bonds is 5. The van der Waals surface area contributed by atoms with Crippen molar-refractivity contribution in [3.63, 3.8) is 0 Å². The second kappa shape index (κ2) is 7.00. The van der Waals surface area contributed by atoms with Crippen LogP contribution in [0.15, 0.2) is 59.4 Å². The van der Waals surface area contributed by atoms with Crippen LogP contribution >= 0.6 is 11.8 Å². The number of benzene rings is 1. The van der Waals surface area contributed by atoms with E-state index < -0.39 is 5.83 Å². The molecule has 1 aromatic rings. The minimum Gasteiger partial charge on any atom is -0.379 e. The van der Waals surface area contributed by atoms with Crippen molar-refractivity contribution < 1.29 is 4.39 Å². The van der Waals surface area contributed by atoms with Gasteiger partial charge < -0.3 is 5.73 Å². The Bertz CT molecular complexity index is 809. The van der Waals surface area contributed by atoms with Gasteiger partial charge in [0, 0.05) is 17.4 Å². The van der Waals surface area contributed by atoms with Gasteiger partial charge in [-0.25, -0.2) is 4.39 Å². The SMILES string of the molecule is C=CN=C(C=C)/C(F)=C/c1ccc(C)c(C2N=C(N)SC3C(C)C23)c1. The number of fused-ring (bicyclic) bond motifs is 1. The van der Waals surface area contributed by atoms with Crippen molar-refractivity contribution in [2.45, 2.75) is 25.1 Å². The van der Waals surface area contributed by atoms with E-state index in [1.165, 1.54) is 18.4 Å². The van der Waals surface area contributed by atoms with Gasteiger partial charge in [0.25, 0.3) is 0 Å². The summed E-state index contributed by atoms with van der Waals surface area (Å²) in [7, 11) is 0. The van der Waals surface area contributed by atoms with Crippen LogP contribution in [0.4, 0.5) is 4.39 Å². The highest BCUT2D eigenvalue weighted by molar-refractivity contribution is 8.14. The minimum absolute atomic E-state index is 0.0541. The van der Waals surface area contributed by atoms with Crippen LogP contribution in [0.2, 0.25) is 0 Å². The van der Waals surface area contributed by atoms with Gasteiger partial charge in [0.05, 0.1) is 11.8 Å². The zero-order chi connectivity index (χ0) is 18.1. The standard InChI is InChI=1S/C20H22FN3S/c1-5-16(23-6-2)15(21)10-13-8-7-11(3)14(9-13)18-17-12(4)19(17)25-20(22)24-18/h5-10,12,17-19H,1-2H2,3-4H3,(H2,22,24)/b15-10-,23-16?. The molecular formula is C20H22FN3S. The summed E-state index contributed by atoms with van der Waals surface area (Å²) in [6.07, 6.45) is 4.14. The topological polar surface area (TPSA) is 50.7 Å². The highest BCUT2D eigenvalue weighted by atomic mass is 32.2. The lowest BCUT2D eigenvalue weighted by Gasteiger charge is -2.20. The maximum Gasteiger partial charge on any atom is 0.154 e. The van der Waals surface area contributed by atoms with Crippen molar-refractivity contribution in [1.29, 1.82) is 0 Å². The first-order chi connectivity index (χ1) is 12.0. The first-order valence-electron chi connectivity index (χ1n) is 8.25. The molecule has 0 spiro atoms. The van der Waals surface area contributed by atoms with Crippen molar-refractivity contribution >= 4 is 28.7 Å². The summed E-state index contributed by atoms with van der Waals surface area (Å²) < 4.78 is 14.4. The smallest absolute Gasteiger partial charge is 0.154 e. The predicted octanol–water partition coefficient (Wildman–Crippen LogP) is 4.81. The largest absolute Gasteiger partial charge is 0.379 e. The first kappa shape index (κ1) is 17.7. The quantitative estimate of drug-likeness (QED) is 0.770. The number of nitrogens with zero attached hydrogens (tertiary/aromatic N) is 2. The number of hydrogen-bond acceptors (Lipinski definition) is 4. The van der Waals surface area contributed by atoms with E-state index >= 15 is 0 Å². The van der Waals surface area contributed by atoms with E-state index in [-0.39, 0.29) is 11.8 Å². The molecule has 1 saturated carbocycles. The van der Waals surface area contributed by atoms with Crippen LogP contribution in [-0.2, 0) is 0 Å². The molecule has 0 saturated heterocycles. The maximum absolute atomic E-state index is 14.4. The minimum atomic E-state index is -0.440. The van der Waals surface area contributed by atoms with Crippen molar-refractivity contribution in [3.8, 4) is 0 Å². The molecule has 1 aliphatic carbocycles. The van der Waals surface area contributed by atoms with Crippen molar-refractivity contribution in [2.75, 3.05) is 0 Å². The molecule has 2 N–H and O–H groups in total. The number of nitrogens with two attached hydrogens (primary N) is 1. The third kappa shape index (κ3) is 3.47. The highest BCUT2D eigenvalue weighted by Crippen LogP contribution is 2.58. The summed E-state index contributed by atoms with van der Waals surface area (Å²) >= 11 is 1.67. The van der Waals surface area contributed by atoms with Gasteiger partial charge >= 0.3 is 0 Å². The average molecular weight is 355 g/mol. The fraction of sp³-hybridized carbons (Fsp3) is 0.300. The summed E-state index contributed by atoms with van der Waals surface area (Å²) in [6, 6.07) is 5.95. The lowest BCUT2D eigenvalue weighted by atomic mass is 9.94. The predicted molar refractivity (Wildman–Crippen MR) is 106 cm³/mol. The van der Waals surface area contributed by atoms with E-state index in [4.69, 9.17) is 5.73 Å². The van der Waals surface area contributed by atoms with Crippen LogP contribution < -0.4 is 5.73 Å². The Labute approximate surface area is 152 Å². The van der Waals surface area contributed by atoms with Gasteiger partial charge in [0.1, 0.15) is 5.83 Å². The molecule has 0 amide bonds. The van der Waals surface area contributed by atoms with Gasteiger partial charge in [-0.3, -0.25) is 9.98 Å². The Morgan fingerprint density at radius 2 is 2.16 bits per heavy atom. The van der Waals surface area contributed by atoms with Crippen LogP contribution in [0.3, 0.4) is 0 Å². The zero-order valence-corrected chi connectivity index (χ0v) is 15.3. The molecule has 130 valence electrons. The molecule has 4 unspecified atom stereocenters. The molecule has 5 heteroatoms. The Hall–Kier alpha value is -2.14. The second-order valence-electron chi connectivity index (χ2n) is 6.44. The maximum atomic E-state index is 14.4. The molecule has 1 fully saturated rings. The number of hydrogen-bond donors (Lipinski definition) is 1. The van der Waals surface area contributed by atoms with E-state index in [9.17, 15) is 4.39 Å². The first-order valence-corrected chi connectivity index (χ1v) is 9.13. The molecule has 1 heterocycles. The normalized spacial score (nSPS) is 28.8. The Morgan fingerprint density at radius 3 is 2.84 bits per heavy atom. The number of halogens is 1. The Morgan fingerprint density at radius 1 is 1.40 bits per heavy atom. The van der Waals surface area contributed by atoms with Crippen LogP contribution in [0, 0.1) is 18.8 Å². The Kier molecular flexibility index (Phi) is 4.95. The highest BCUT2D eigenvalue weighted by Gasteiger charge is 2.55. The summed E-state index contributed by atoms with van der Waals surface area (Å²) in [5.41, 5.74) is 9.21. The van der Waals surface area contributed by atoms with Gasteiger partial charge in [-0.2, -0.15) is 0 Å². The van der Waals surface area contributed by atoms with Crippen LogP contribution in [0.1, 0.15) is 29.7 Å². The zero-order valence-electron chi connectivity index (χ0n) is 14.4. The molecule has 1 aromatic carbocycles. The number of amidine groups is 1. The van der Waals surface area contributed by atoms with E-state index in [0.29, 0.717) is 22.3 Å². The Balaban J connectivity index is 1.96. The van der Waals surface area contributed by atoms with E-state index in [0.717, 1.165) is 16.7 Å². The van der Waals surface area contributed by atoms with Gasteiger partial charge in [0.15, 0.2) is 5.17 Å². The summed E-state index contributed by atoms with van der Waals surface area (Å²) in [4.78, 5) is 8.56. The molecule has 0 radical (unpaired) electrons. The number of aliphatic imine (C=N–C) groups is 2. The molecule has 3 rings (SSSR count). The summed E-state index contributed by atoms with van der Waals surface area (Å²) in [6.45, 7) is 11.4. The third-order valence-electron chi connectivity index (χ3n) is 4.84. The molecule has 0 bridgehead atoms. The van der Waals surface area contributed by atoms with Gasteiger partial charge in [0.2, 0.25) is 0 Å². The fourth-order valence-electron chi connectivity index (χ4n) is 3.38. The molecule has 4 atom stereocenters. The van der Waals surface area contributed by atoms with E-state index in [2.05, 4.69) is 37.0 Å². The summed E-state index contributed by atoms with van der Waals surface area (Å²) in [5.74, 6) is 0.665. The lowest BCUT2D eigenvalue weighted by molar-refractivity contribution is 0.593. The molecule has 1 aliphatic heterocycles. The number of allylic oxidation sites excluding steroid dienone is 2. The average Bonchev–Trinajstić information content (AvgIpc) is 3.23.